The summed E-state index contributed by atoms with van der Waals surface area (Å²) in [6, 6.07) is 11.7. The van der Waals surface area contributed by atoms with Crippen molar-refractivity contribution in [2.45, 2.75) is 79.1 Å². The van der Waals surface area contributed by atoms with Gasteiger partial charge in [0.15, 0.2) is 11.4 Å². The SMILES string of the molecule is [C-]#[N+]c1c(C(C)C)cc(C#N)cc1C(C)C.[C-]#[N+]c1c(C(C)C)cc(C#N)cc1C(C)C.[I][Pd][I]. The summed E-state index contributed by atoms with van der Waals surface area (Å²) in [4.78, 5) is 7.26. The van der Waals surface area contributed by atoms with Gasteiger partial charge in [-0.3, -0.25) is 0 Å². The molecule has 35 heavy (non-hydrogen) atoms. The predicted octanol–water partition coefficient (Wildman–Crippen LogP) is 10.5. The molecule has 0 amide bonds. The van der Waals surface area contributed by atoms with Gasteiger partial charge in [0.05, 0.1) is 36.4 Å². The van der Waals surface area contributed by atoms with E-state index in [2.05, 4.69) is 116 Å². The van der Waals surface area contributed by atoms with Crippen LogP contribution in [0.2, 0.25) is 0 Å². The van der Waals surface area contributed by atoms with Gasteiger partial charge < -0.3 is 0 Å². The molecule has 2 aromatic rings. The quantitative estimate of drug-likeness (QED) is 0.176. The first-order valence-corrected chi connectivity index (χ1v) is 20.4. The predicted molar refractivity (Wildman–Crippen MR) is 159 cm³/mol. The molecule has 0 aromatic heterocycles. The van der Waals surface area contributed by atoms with E-state index >= 15 is 0 Å². The van der Waals surface area contributed by atoms with Crippen molar-refractivity contribution in [3.8, 4) is 12.1 Å². The van der Waals surface area contributed by atoms with Crippen molar-refractivity contribution < 1.29 is 10.8 Å². The first-order valence-electron chi connectivity index (χ1n) is 11.2. The van der Waals surface area contributed by atoms with E-state index in [1.807, 2.05) is 24.3 Å². The molecule has 0 aliphatic rings. The standard InChI is InChI=1S/2C14H16N2.2HI.Pd/c2*1-9(2)12-6-11(8-15)7-13(10(3)4)14(12)16-5;;;/h2*6-7,9-10H,1-4H3;2*1H;/q;;;;+2/p-2. The van der Waals surface area contributed by atoms with Gasteiger partial charge in [-0.1, -0.05) is 79.7 Å². The van der Waals surface area contributed by atoms with Crippen LogP contribution in [0.1, 0.15) is 112 Å². The fourth-order valence-corrected chi connectivity index (χ4v) is 3.51. The van der Waals surface area contributed by atoms with Crippen LogP contribution < -0.4 is 0 Å². The fourth-order valence-electron chi connectivity index (χ4n) is 3.51. The van der Waals surface area contributed by atoms with Gasteiger partial charge in [0.1, 0.15) is 0 Å². The Hall–Kier alpha value is -1.48. The van der Waals surface area contributed by atoms with E-state index in [4.69, 9.17) is 23.7 Å². The van der Waals surface area contributed by atoms with Crippen molar-refractivity contribution >= 4 is 50.4 Å². The third-order valence-electron chi connectivity index (χ3n) is 5.31. The zero-order valence-electron chi connectivity index (χ0n) is 21.5. The van der Waals surface area contributed by atoms with Crippen molar-refractivity contribution in [3.63, 3.8) is 0 Å². The molecule has 0 fully saturated rings. The van der Waals surface area contributed by atoms with Gasteiger partial charge in [-0.05, 0) is 45.9 Å². The number of rotatable bonds is 4. The van der Waals surface area contributed by atoms with Gasteiger partial charge in [0.2, 0.25) is 0 Å². The zero-order valence-corrected chi connectivity index (χ0v) is 27.3. The number of hydrogen-bond donors (Lipinski definition) is 0. The molecule has 2 rings (SSSR count). The van der Waals surface area contributed by atoms with Gasteiger partial charge in [-0.25, -0.2) is 9.69 Å². The molecule has 4 nitrogen and oxygen atoms in total. The van der Waals surface area contributed by atoms with Crippen molar-refractivity contribution in [1.29, 1.82) is 10.5 Å². The molecule has 0 aliphatic heterocycles. The summed E-state index contributed by atoms with van der Waals surface area (Å²) in [5.74, 6) is 1.09. The van der Waals surface area contributed by atoms with Gasteiger partial charge in [0.25, 0.3) is 0 Å². The molecule has 0 N–H and O–H groups in total. The molecule has 7 heteroatoms. The van der Waals surface area contributed by atoms with Crippen LogP contribution in [0.4, 0.5) is 11.4 Å². The normalized spacial score (nSPS) is 10.0. The molecule has 2 aromatic carbocycles. The first kappa shape index (κ1) is 33.5. The molecule has 0 spiro atoms. The van der Waals surface area contributed by atoms with Crippen molar-refractivity contribution in [2.24, 2.45) is 0 Å². The van der Waals surface area contributed by atoms with Gasteiger partial charge in [-0.15, -0.1) is 0 Å². The van der Waals surface area contributed by atoms with E-state index in [1.165, 1.54) is 0 Å². The molecule has 0 unspecified atom stereocenters. The minimum absolute atomic E-state index is 0.273. The van der Waals surface area contributed by atoms with Crippen LogP contribution in [-0.4, -0.2) is 0 Å². The van der Waals surface area contributed by atoms with E-state index in [0.717, 1.165) is 44.4 Å². The van der Waals surface area contributed by atoms with Gasteiger partial charge in [-0.2, -0.15) is 10.5 Å². The van der Waals surface area contributed by atoms with Crippen molar-refractivity contribution in [1.82, 2.24) is 0 Å². The second-order valence-corrected chi connectivity index (χ2v) is 21.1. The van der Waals surface area contributed by atoms with Crippen LogP contribution in [-0.2, 0) is 10.8 Å². The molecule has 0 aliphatic carbocycles. The summed E-state index contributed by atoms with van der Waals surface area (Å²) in [6.45, 7) is 31.0. The van der Waals surface area contributed by atoms with E-state index in [1.54, 1.807) is 0 Å². The summed E-state index contributed by atoms with van der Waals surface area (Å²) in [5.41, 5.74) is 6.69. The molecule has 0 radical (unpaired) electrons. The Kier molecular flexibility index (Phi) is 16.3. The summed E-state index contributed by atoms with van der Waals surface area (Å²) in [5, 5.41) is 18.0. The minimum atomic E-state index is 0.273. The Bertz CT molecular complexity index is 1010. The molecule has 0 atom stereocenters. The Morgan fingerprint density at radius 2 is 0.829 bits per heavy atom. The second-order valence-electron chi connectivity index (χ2n) is 9.12. The summed E-state index contributed by atoms with van der Waals surface area (Å²) in [6.07, 6.45) is 0. The Labute approximate surface area is 241 Å². The van der Waals surface area contributed by atoms with Gasteiger partial charge >= 0.3 is 49.8 Å². The Morgan fingerprint density at radius 3 is 0.943 bits per heavy atom. The molecule has 0 bridgehead atoms. The fraction of sp³-hybridized carbons (Fsp3) is 0.429. The number of hydrogen-bond acceptors (Lipinski definition) is 2. The molecule has 0 heterocycles. The van der Waals surface area contributed by atoms with Gasteiger partial charge in [0, 0.05) is 0 Å². The molecular formula is C28H32I2N4Pd. The van der Waals surface area contributed by atoms with Crippen molar-refractivity contribution in [3.05, 3.63) is 80.5 Å². The number of benzene rings is 2. The monoisotopic (exact) mass is 784 g/mol. The third-order valence-corrected chi connectivity index (χ3v) is 5.31. The maximum absolute atomic E-state index is 8.99. The van der Waals surface area contributed by atoms with Crippen molar-refractivity contribution in [2.75, 3.05) is 0 Å². The number of nitriles is 2. The maximum atomic E-state index is 8.99. The summed E-state index contributed by atoms with van der Waals surface area (Å²) >= 11 is 4.65. The Balaban J connectivity index is 0.000000594. The van der Waals surface area contributed by atoms with Crippen LogP contribution in [0.25, 0.3) is 9.69 Å². The topological polar surface area (TPSA) is 56.3 Å². The van der Waals surface area contributed by atoms with Crippen LogP contribution in [0, 0.1) is 35.8 Å². The summed E-state index contributed by atoms with van der Waals surface area (Å²) in [7, 11) is 0.890. The van der Waals surface area contributed by atoms with E-state index in [-0.39, 0.29) is 23.7 Å². The average Bonchev–Trinajstić information content (AvgIpc) is 2.82. The van der Waals surface area contributed by atoms with Crippen LogP contribution in [0.5, 0.6) is 0 Å². The van der Waals surface area contributed by atoms with E-state index in [0.29, 0.717) is 11.1 Å². The zero-order chi connectivity index (χ0) is 27.3. The molecular weight excluding hydrogens is 753 g/mol. The van der Waals surface area contributed by atoms with Crippen LogP contribution in [0.3, 0.4) is 0 Å². The second kappa shape index (κ2) is 17.1. The Morgan fingerprint density at radius 1 is 0.629 bits per heavy atom. The number of nitrogens with zero attached hydrogens (tertiary/aromatic N) is 4. The molecule has 188 valence electrons. The third kappa shape index (κ3) is 10.2. The average molecular weight is 785 g/mol. The van der Waals surface area contributed by atoms with Crippen LogP contribution in [0.15, 0.2) is 24.3 Å². The molecule has 0 saturated carbocycles. The first-order chi connectivity index (χ1) is 16.4. The molecule has 0 saturated heterocycles. The van der Waals surface area contributed by atoms with Crippen LogP contribution >= 0.6 is 39.0 Å². The van der Waals surface area contributed by atoms with E-state index < -0.39 is 0 Å². The van der Waals surface area contributed by atoms with E-state index in [9.17, 15) is 0 Å². The number of halogens is 2. The summed E-state index contributed by atoms with van der Waals surface area (Å²) < 4.78 is 0.